The summed E-state index contributed by atoms with van der Waals surface area (Å²) >= 11 is 0. The van der Waals surface area contributed by atoms with E-state index in [2.05, 4.69) is 15.7 Å². The number of hydrogen-bond donors (Lipinski definition) is 2. The van der Waals surface area contributed by atoms with Crippen LogP contribution in [0.4, 0.5) is 0 Å². The molecule has 0 unspecified atom stereocenters. The highest BCUT2D eigenvalue weighted by Gasteiger charge is 2.09. The molecule has 0 bridgehead atoms. The molecule has 6 heteroatoms. The molecule has 2 rings (SSSR count). The Hall–Kier alpha value is -1.85. The molecule has 2 aromatic rings. The average molecular weight is 323 g/mol. The highest BCUT2D eigenvalue weighted by atomic mass is 35.5. The SMILES string of the molecule is CCN[C@H](C)CNC(=O)c1cnn(Cc2ccccc2)c1.Cl. The monoisotopic (exact) mass is 322 g/mol. The molecule has 0 fully saturated rings. The number of likely N-dealkylation sites (N-methyl/N-ethyl adjacent to an activating group) is 1. The lowest BCUT2D eigenvalue weighted by Gasteiger charge is -2.12. The number of amides is 1. The Kier molecular flexibility index (Phi) is 7.63. The maximum Gasteiger partial charge on any atom is 0.254 e. The first-order valence-corrected chi connectivity index (χ1v) is 7.27. The van der Waals surface area contributed by atoms with Gasteiger partial charge in [0.2, 0.25) is 0 Å². The van der Waals surface area contributed by atoms with Gasteiger partial charge in [0.15, 0.2) is 0 Å². The number of halogens is 1. The van der Waals surface area contributed by atoms with Crippen LogP contribution in [0.3, 0.4) is 0 Å². The largest absolute Gasteiger partial charge is 0.350 e. The van der Waals surface area contributed by atoms with Crippen molar-refractivity contribution in [1.29, 1.82) is 0 Å². The van der Waals surface area contributed by atoms with E-state index in [-0.39, 0.29) is 24.4 Å². The van der Waals surface area contributed by atoms with E-state index in [0.29, 0.717) is 18.7 Å². The Morgan fingerprint density at radius 2 is 2.05 bits per heavy atom. The van der Waals surface area contributed by atoms with E-state index >= 15 is 0 Å². The van der Waals surface area contributed by atoms with Gasteiger partial charge in [-0.1, -0.05) is 37.3 Å². The molecular formula is C16H23ClN4O. The van der Waals surface area contributed by atoms with Gasteiger partial charge in [-0.25, -0.2) is 0 Å². The third-order valence-electron chi connectivity index (χ3n) is 3.20. The molecule has 22 heavy (non-hydrogen) atoms. The van der Waals surface area contributed by atoms with Crippen molar-refractivity contribution in [3.63, 3.8) is 0 Å². The van der Waals surface area contributed by atoms with Crippen LogP contribution in [0.2, 0.25) is 0 Å². The van der Waals surface area contributed by atoms with Crippen molar-refractivity contribution in [1.82, 2.24) is 20.4 Å². The summed E-state index contributed by atoms with van der Waals surface area (Å²) < 4.78 is 1.78. The minimum atomic E-state index is -0.0842. The molecule has 5 nitrogen and oxygen atoms in total. The zero-order valence-electron chi connectivity index (χ0n) is 13.0. The predicted octanol–water partition coefficient (Wildman–Crippen LogP) is 2.08. The van der Waals surface area contributed by atoms with Crippen LogP contribution in [-0.4, -0.2) is 34.8 Å². The van der Waals surface area contributed by atoms with Crippen LogP contribution in [0.25, 0.3) is 0 Å². The molecule has 0 saturated heterocycles. The standard InChI is InChI=1S/C16H22N4O.ClH/c1-3-17-13(2)9-18-16(21)15-10-19-20(12-15)11-14-7-5-4-6-8-14;/h4-8,10,12-13,17H,3,9,11H2,1-2H3,(H,18,21);1H/t13-;/m1./s1. The Labute approximate surface area is 137 Å². The lowest BCUT2D eigenvalue weighted by atomic mass is 10.2. The molecule has 2 N–H and O–H groups in total. The zero-order valence-corrected chi connectivity index (χ0v) is 13.8. The van der Waals surface area contributed by atoms with Gasteiger partial charge in [0.05, 0.1) is 18.3 Å². The second-order valence-electron chi connectivity index (χ2n) is 5.08. The molecule has 120 valence electrons. The van der Waals surface area contributed by atoms with Gasteiger partial charge in [0, 0.05) is 18.8 Å². The second-order valence-corrected chi connectivity index (χ2v) is 5.08. The van der Waals surface area contributed by atoms with Crippen molar-refractivity contribution < 1.29 is 4.79 Å². The fourth-order valence-electron chi connectivity index (χ4n) is 2.11. The molecule has 1 aromatic carbocycles. The molecule has 1 atom stereocenters. The first-order chi connectivity index (χ1) is 10.2. The smallest absolute Gasteiger partial charge is 0.254 e. The second kappa shape index (κ2) is 9.23. The van der Waals surface area contributed by atoms with Crippen molar-refractivity contribution in [2.45, 2.75) is 26.4 Å². The minimum absolute atomic E-state index is 0. The summed E-state index contributed by atoms with van der Waals surface area (Å²) in [5.74, 6) is -0.0842. The van der Waals surface area contributed by atoms with Crippen LogP contribution in [0.5, 0.6) is 0 Å². The van der Waals surface area contributed by atoms with Crippen LogP contribution in [0.1, 0.15) is 29.8 Å². The molecule has 1 heterocycles. The Bertz CT molecular complexity index is 571. The van der Waals surface area contributed by atoms with Crippen molar-refractivity contribution in [2.24, 2.45) is 0 Å². The van der Waals surface area contributed by atoms with E-state index in [0.717, 1.165) is 12.1 Å². The molecule has 0 aliphatic carbocycles. The van der Waals surface area contributed by atoms with Gasteiger partial charge in [-0.05, 0) is 19.0 Å². The van der Waals surface area contributed by atoms with E-state index < -0.39 is 0 Å². The topological polar surface area (TPSA) is 58.9 Å². The van der Waals surface area contributed by atoms with E-state index in [1.807, 2.05) is 44.2 Å². The predicted molar refractivity (Wildman–Crippen MR) is 90.5 cm³/mol. The zero-order chi connectivity index (χ0) is 15.1. The summed E-state index contributed by atoms with van der Waals surface area (Å²) in [7, 11) is 0. The summed E-state index contributed by atoms with van der Waals surface area (Å²) in [6.07, 6.45) is 3.39. The summed E-state index contributed by atoms with van der Waals surface area (Å²) in [5, 5.41) is 10.4. The quantitative estimate of drug-likeness (QED) is 0.820. The lowest BCUT2D eigenvalue weighted by Crippen LogP contribution is -2.38. The van der Waals surface area contributed by atoms with Crippen LogP contribution in [0, 0.1) is 0 Å². The van der Waals surface area contributed by atoms with Gasteiger partial charge in [0.1, 0.15) is 0 Å². The third-order valence-corrected chi connectivity index (χ3v) is 3.20. The van der Waals surface area contributed by atoms with Crippen molar-refractivity contribution in [3.8, 4) is 0 Å². The van der Waals surface area contributed by atoms with E-state index in [4.69, 9.17) is 0 Å². The van der Waals surface area contributed by atoms with Crippen LogP contribution < -0.4 is 10.6 Å². The first-order valence-electron chi connectivity index (χ1n) is 7.27. The van der Waals surface area contributed by atoms with Gasteiger partial charge in [-0.2, -0.15) is 5.10 Å². The lowest BCUT2D eigenvalue weighted by molar-refractivity contribution is 0.0950. The molecule has 0 aliphatic rings. The van der Waals surface area contributed by atoms with Crippen molar-refractivity contribution in [2.75, 3.05) is 13.1 Å². The summed E-state index contributed by atoms with van der Waals surface area (Å²) in [4.78, 5) is 12.0. The number of nitrogens with one attached hydrogen (secondary N) is 2. The number of carbonyl (C=O) groups excluding carboxylic acids is 1. The highest BCUT2D eigenvalue weighted by molar-refractivity contribution is 5.93. The van der Waals surface area contributed by atoms with Gasteiger partial charge < -0.3 is 10.6 Å². The highest BCUT2D eigenvalue weighted by Crippen LogP contribution is 2.04. The normalized spacial score (nSPS) is 11.5. The summed E-state index contributed by atoms with van der Waals surface area (Å²) in [6.45, 7) is 6.26. The van der Waals surface area contributed by atoms with E-state index in [9.17, 15) is 4.79 Å². The fourth-order valence-corrected chi connectivity index (χ4v) is 2.11. The maximum absolute atomic E-state index is 12.0. The van der Waals surface area contributed by atoms with Crippen molar-refractivity contribution in [3.05, 3.63) is 53.9 Å². The van der Waals surface area contributed by atoms with Gasteiger partial charge in [0.25, 0.3) is 5.91 Å². The average Bonchev–Trinajstić information content (AvgIpc) is 2.95. The molecule has 0 aliphatic heterocycles. The summed E-state index contributed by atoms with van der Waals surface area (Å²) in [5.41, 5.74) is 1.75. The molecule has 1 amide bonds. The summed E-state index contributed by atoms with van der Waals surface area (Å²) in [6, 6.07) is 10.3. The molecule has 0 saturated carbocycles. The minimum Gasteiger partial charge on any atom is -0.350 e. The van der Waals surface area contributed by atoms with E-state index in [1.165, 1.54) is 0 Å². The number of aromatic nitrogens is 2. The Balaban J connectivity index is 0.00000242. The number of carbonyl (C=O) groups is 1. The van der Waals surface area contributed by atoms with Gasteiger partial charge >= 0.3 is 0 Å². The number of hydrogen-bond acceptors (Lipinski definition) is 3. The van der Waals surface area contributed by atoms with Crippen LogP contribution in [-0.2, 0) is 6.54 Å². The number of nitrogens with zero attached hydrogens (tertiary/aromatic N) is 2. The number of rotatable bonds is 7. The third kappa shape index (κ3) is 5.50. The Morgan fingerprint density at radius 3 is 2.73 bits per heavy atom. The van der Waals surface area contributed by atoms with Gasteiger partial charge in [-0.15, -0.1) is 12.4 Å². The first kappa shape index (κ1) is 18.2. The van der Waals surface area contributed by atoms with Gasteiger partial charge in [-0.3, -0.25) is 9.48 Å². The maximum atomic E-state index is 12.0. The molecule has 0 spiro atoms. The van der Waals surface area contributed by atoms with Crippen LogP contribution >= 0.6 is 12.4 Å². The molecule has 0 radical (unpaired) electrons. The number of benzene rings is 1. The van der Waals surface area contributed by atoms with Crippen molar-refractivity contribution >= 4 is 18.3 Å². The fraction of sp³-hybridized carbons (Fsp3) is 0.375. The van der Waals surface area contributed by atoms with Crippen LogP contribution in [0.15, 0.2) is 42.7 Å². The van der Waals surface area contributed by atoms with E-state index in [1.54, 1.807) is 17.1 Å². The Morgan fingerprint density at radius 1 is 1.32 bits per heavy atom. The molecular weight excluding hydrogens is 300 g/mol. The molecule has 1 aromatic heterocycles.